The average molecular weight is 285 g/mol. The molecule has 2 atom stereocenters. The van der Waals surface area contributed by atoms with Crippen LogP contribution in [0, 0.1) is 0 Å². The van der Waals surface area contributed by atoms with E-state index in [4.69, 9.17) is 9.26 Å². The molecule has 4 rings (SSSR count). The van der Waals surface area contributed by atoms with E-state index in [2.05, 4.69) is 39.7 Å². The highest BCUT2D eigenvalue weighted by molar-refractivity contribution is 5.34. The molecule has 0 saturated carbocycles. The normalized spacial score (nSPS) is 25.4. The quantitative estimate of drug-likeness (QED) is 0.934. The molecule has 2 aliphatic rings. The third kappa shape index (κ3) is 2.36. The predicted octanol–water partition coefficient (Wildman–Crippen LogP) is 2.00. The summed E-state index contributed by atoms with van der Waals surface area (Å²) in [6.45, 7) is 0.841. The zero-order chi connectivity index (χ0) is 14.2. The third-order valence-electron chi connectivity index (χ3n) is 4.60. The summed E-state index contributed by atoms with van der Waals surface area (Å²) >= 11 is 0. The lowest BCUT2D eigenvalue weighted by Crippen LogP contribution is -2.16. The molecular weight excluding hydrogens is 266 g/mol. The van der Waals surface area contributed by atoms with Gasteiger partial charge in [0.25, 0.3) is 0 Å². The number of aromatic nitrogens is 2. The molecule has 5 nitrogen and oxygen atoms in total. The number of nitrogens with one attached hydrogen (secondary N) is 1. The van der Waals surface area contributed by atoms with Gasteiger partial charge in [-0.05, 0) is 30.4 Å². The molecule has 1 aromatic heterocycles. The van der Waals surface area contributed by atoms with Crippen molar-refractivity contribution in [2.45, 2.75) is 37.3 Å². The smallest absolute Gasteiger partial charge is 0.243 e. The van der Waals surface area contributed by atoms with Crippen LogP contribution in [-0.4, -0.2) is 29.9 Å². The van der Waals surface area contributed by atoms with Crippen molar-refractivity contribution in [1.29, 1.82) is 0 Å². The molecule has 5 heteroatoms. The van der Waals surface area contributed by atoms with Crippen molar-refractivity contribution < 1.29 is 9.26 Å². The van der Waals surface area contributed by atoms with Crippen molar-refractivity contribution in [2.24, 2.45) is 0 Å². The number of benzene rings is 1. The van der Waals surface area contributed by atoms with E-state index >= 15 is 0 Å². The fraction of sp³-hybridized carbons (Fsp3) is 0.500. The van der Waals surface area contributed by atoms with E-state index in [0.717, 1.165) is 31.6 Å². The molecule has 0 spiro atoms. The minimum Gasteiger partial charge on any atom is -0.380 e. The summed E-state index contributed by atoms with van der Waals surface area (Å²) < 4.78 is 10.8. The van der Waals surface area contributed by atoms with Gasteiger partial charge in [-0.25, -0.2) is 0 Å². The molecule has 1 saturated heterocycles. The first-order chi connectivity index (χ1) is 10.3. The molecule has 0 unspecified atom stereocenters. The van der Waals surface area contributed by atoms with E-state index in [1.54, 1.807) is 7.11 Å². The molecule has 1 aromatic carbocycles. The van der Waals surface area contributed by atoms with E-state index in [1.807, 2.05) is 0 Å². The minimum absolute atomic E-state index is 0.125. The van der Waals surface area contributed by atoms with Gasteiger partial charge in [-0.1, -0.05) is 29.4 Å². The van der Waals surface area contributed by atoms with Gasteiger partial charge in [0.2, 0.25) is 5.89 Å². The number of hydrogen-bond acceptors (Lipinski definition) is 5. The van der Waals surface area contributed by atoms with Crippen LogP contribution in [0.3, 0.4) is 0 Å². The van der Waals surface area contributed by atoms with Gasteiger partial charge < -0.3 is 14.6 Å². The lowest BCUT2D eigenvalue weighted by molar-refractivity contribution is 0.116. The summed E-state index contributed by atoms with van der Waals surface area (Å²) in [6, 6.07) is 8.70. The van der Waals surface area contributed by atoms with Gasteiger partial charge in [-0.15, -0.1) is 0 Å². The standard InChI is InChI=1S/C16H19N3O2/c1-20-13-8-14(17-9-13)16-18-15(19-21-16)12-6-10-4-2-3-5-11(10)7-12/h2-5,12-14,17H,6-9H2,1H3/t13-,14+/m0/s1. The molecular formula is C16H19N3O2. The monoisotopic (exact) mass is 285 g/mol. The number of methoxy groups -OCH3 is 1. The molecule has 0 bridgehead atoms. The molecule has 110 valence electrons. The van der Waals surface area contributed by atoms with Crippen LogP contribution in [0.4, 0.5) is 0 Å². The molecule has 1 aliphatic carbocycles. The first-order valence-electron chi connectivity index (χ1n) is 7.50. The molecule has 2 heterocycles. The van der Waals surface area contributed by atoms with E-state index < -0.39 is 0 Å². The van der Waals surface area contributed by atoms with Gasteiger partial charge in [0.15, 0.2) is 5.82 Å². The summed E-state index contributed by atoms with van der Waals surface area (Å²) in [5.41, 5.74) is 2.82. The summed E-state index contributed by atoms with van der Waals surface area (Å²) in [5, 5.41) is 7.58. The Morgan fingerprint density at radius 1 is 1.24 bits per heavy atom. The summed E-state index contributed by atoms with van der Waals surface area (Å²) in [4.78, 5) is 4.63. The topological polar surface area (TPSA) is 60.2 Å². The Balaban J connectivity index is 1.49. The van der Waals surface area contributed by atoms with Crippen LogP contribution < -0.4 is 5.32 Å². The molecule has 2 aromatic rings. The third-order valence-corrected chi connectivity index (χ3v) is 4.60. The van der Waals surface area contributed by atoms with Crippen LogP contribution in [-0.2, 0) is 17.6 Å². The van der Waals surface area contributed by atoms with E-state index in [9.17, 15) is 0 Å². The van der Waals surface area contributed by atoms with Crippen LogP contribution in [0.1, 0.15) is 41.2 Å². The van der Waals surface area contributed by atoms with Crippen molar-refractivity contribution in [3.05, 3.63) is 47.1 Å². The highest BCUT2D eigenvalue weighted by Gasteiger charge is 2.32. The van der Waals surface area contributed by atoms with Crippen molar-refractivity contribution in [3.8, 4) is 0 Å². The Labute approximate surface area is 123 Å². The summed E-state index contributed by atoms with van der Waals surface area (Å²) in [5.74, 6) is 1.88. The number of rotatable bonds is 3. The molecule has 0 radical (unpaired) electrons. The Bertz CT molecular complexity index is 615. The van der Waals surface area contributed by atoms with Gasteiger partial charge in [0.05, 0.1) is 12.1 Å². The number of nitrogens with zero attached hydrogens (tertiary/aromatic N) is 2. The van der Waals surface area contributed by atoms with Crippen LogP contribution in [0.15, 0.2) is 28.8 Å². The minimum atomic E-state index is 0.125. The Morgan fingerprint density at radius 2 is 2.00 bits per heavy atom. The average Bonchev–Trinajstić information content (AvgIpc) is 3.24. The maximum absolute atomic E-state index is 5.47. The van der Waals surface area contributed by atoms with Crippen molar-refractivity contribution >= 4 is 0 Å². The molecule has 1 aliphatic heterocycles. The van der Waals surface area contributed by atoms with Crippen LogP contribution in [0.25, 0.3) is 0 Å². The van der Waals surface area contributed by atoms with Crippen LogP contribution in [0.5, 0.6) is 0 Å². The maximum Gasteiger partial charge on any atom is 0.243 e. The lowest BCUT2D eigenvalue weighted by atomic mass is 10.1. The Kier molecular flexibility index (Phi) is 3.24. The summed E-state index contributed by atoms with van der Waals surface area (Å²) in [6.07, 6.45) is 3.14. The van der Waals surface area contributed by atoms with Crippen LogP contribution in [0.2, 0.25) is 0 Å². The number of ether oxygens (including phenoxy) is 1. The zero-order valence-corrected chi connectivity index (χ0v) is 12.1. The van der Waals surface area contributed by atoms with E-state index in [1.165, 1.54) is 11.1 Å². The Morgan fingerprint density at radius 3 is 2.67 bits per heavy atom. The molecule has 1 fully saturated rings. The zero-order valence-electron chi connectivity index (χ0n) is 12.1. The first kappa shape index (κ1) is 13.0. The largest absolute Gasteiger partial charge is 0.380 e. The summed E-state index contributed by atoms with van der Waals surface area (Å²) in [7, 11) is 1.74. The van der Waals surface area contributed by atoms with Crippen LogP contribution >= 0.6 is 0 Å². The lowest BCUT2D eigenvalue weighted by Gasteiger charge is -2.04. The van der Waals surface area contributed by atoms with Gasteiger partial charge >= 0.3 is 0 Å². The highest BCUT2D eigenvalue weighted by Crippen LogP contribution is 2.33. The fourth-order valence-corrected chi connectivity index (χ4v) is 3.37. The molecule has 1 N–H and O–H groups in total. The molecule has 0 amide bonds. The maximum atomic E-state index is 5.47. The second-order valence-corrected chi connectivity index (χ2v) is 5.92. The van der Waals surface area contributed by atoms with Gasteiger partial charge in [0, 0.05) is 19.6 Å². The van der Waals surface area contributed by atoms with E-state index in [0.29, 0.717) is 11.8 Å². The van der Waals surface area contributed by atoms with Gasteiger partial charge in [-0.2, -0.15) is 4.98 Å². The van der Waals surface area contributed by atoms with E-state index in [-0.39, 0.29) is 12.1 Å². The van der Waals surface area contributed by atoms with Crippen molar-refractivity contribution in [3.63, 3.8) is 0 Å². The Hall–Kier alpha value is -1.72. The first-order valence-corrected chi connectivity index (χ1v) is 7.50. The van der Waals surface area contributed by atoms with Gasteiger partial charge in [-0.3, -0.25) is 0 Å². The number of hydrogen-bond donors (Lipinski definition) is 1. The number of fused-ring (bicyclic) bond motifs is 1. The highest BCUT2D eigenvalue weighted by atomic mass is 16.5. The van der Waals surface area contributed by atoms with Gasteiger partial charge in [0.1, 0.15) is 0 Å². The van der Waals surface area contributed by atoms with Crippen molar-refractivity contribution in [1.82, 2.24) is 15.5 Å². The second kappa shape index (κ2) is 5.24. The second-order valence-electron chi connectivity index (χ2n) is 5.92. The fourth-order valence-electron chi connectivity index (χ4n) is 3.37. The SMILES string of the molecule is CO[C@@H]1CN[C@@H](c2nc(C3Cc4ccccc4C3)no2)C1. The molecule has 21 heavy (non-hydrogen) atoms. The van der Waals surface area contributed by atoms with Crippen molar-refractivity contribution in [2.75, 3.05) is 13.7 Å². The predicted molar refractivity (Wildman–Crippen MR) is 77.0 cm³/mol.